The van der Waals surface area contributed by atoms with Crippen LogP contribution >= 0.6 is 11.6 Å². The highest BCUT2D eigenvalue weighted by molar-refractivity contribution is 7.92. The van der Waals surface area contributed by atoms with Gasteiger partial charge >= 0.3 is 5.97 Å². The summed E-state index contributed by atoms with van der Waals surface area (Å²) in [7, 11) is -4.03. The second kappa shape index (κ2) is 8.81. The maximum atomic E-state index is 14.0. The third kappa shape index (κ3) is 4.77. The largest absolute Gasteiger partial charge is 0.426 e. The number of nitrogens with zero attached hydrogens (tertiary/aromatic N) is 1. The predicted octanol–water partition coefficient (Wildman–Crippen LogP) is 4.97. The Bertz CT molecular complexity index is 1220. The zero-order valence-electron chi connectivity index (χ0n) is 16.1. The second-order valence-electron chi connectivity index (χ2n) is 6.44. The quantitative estimate of drug-likeness (QED) is 0.425. The van der Waals surface area contributed by atoms with Crippen LogP contribution in [0.2, 0.25) is 5.02 Å². The molecule has 0 aliphatic heterocycles. The van der Waals surface area contributed by atoms with Gasteiger partial charge in [-0.25, -0.2) is 12.8 Å². The van der Waals surface area contributed by atoms with Gasteiger partial charge in [-0.3, -0.25) is 14.5 Å². The summed E-state index contributed by atoms with van der Waals surface area (Å²) in [4.78, 5) is 15.5. The van der Waals surface area contributed by atoms with Crippen LogP contribution in [-0.4, -0.2) is 19.4 Å². The van der Waals surface area contributed by atoms with Gasteiger partial charge in [0.15, 0.2) is 0 Å². The predicted molar refractivity (Wildman–Crippen MR) is 113 cm³/mol. The van der Waals surface area contributed by atoms with Crippen LogP contribution in [-0.2, 0) is 14.8 Å². The molecule has 30 heavy (non-hydrogen) atoms. The van der Waals surface area contributed by atoms with E-state index < -0.39 is 21.8 Å². The molecule has 3 aromatic rings. The van der Waals surface area contributed by atoms with Gasteiger partial charge in [0.2, 0.25) is 0 Å². The van der Waals surface area contributed by atoms with E-state index in [1.165, 1.54) is 48.8 Å². The minimum absolute atomic E-state index is 0.0465. The molecule has 1 aromatic heterocycles. The van der Waals surface area contributed by atoms with Gasteiger partial charge in [0.25, 0.3) is 10.0 Å². The fraction of sp³-hybridized carbons (Fsp3) is 0.143. The molecule has 0 aliphatic carbocycles. The van der Waals surface area contributed by atoms with Crippen LogP contribution in [0, 0.1) is 12.7 Å². The number of esters is 1. The van der Waals surface area contributed by atoms with Crippen molar-refractivity contribution in [2.75, 3.05) is 4.72 Å². The summed E-state index contributed by atoms with van der Waals surface area (Å²) in [6.07, 6.45) is 2.89. The van der Waals surface area contributed by atoms with E-state index in [0.717, 1.165) is 0 Å². The highest BCUT2D eigenvalue weighted by Gasteiger charge is 2.20. The number of carbonyl (C=O) groups is 1. The lowest BCUT2D eigenvalue weighted by Crippen LogP contribution is -2.14. The Kier molecular flexibility index (Phi) is 6.38. The van der Waals surface area contributed by atoms with Crippen molar-refractivity contribution < 1.29 is 22.3 Å². The van der Waals surface area contributed by atoms with Gasteiger partial charge in [0, 0.05) is 36.0 Å². The summed E-state index contributed by atoms with van der Waals surface area (Å²) in [6.45, 7) is 3.35. The van der Waals surface area contributed by atoms with Crippen molar-refractivity contribution in [1.29, 1.82) is 0 Å². The van der Waals surface area contributed by atoms with Gasteiger partial charge in [-0.05, 0) is 36.8 Å². The first kappa shape index (κ1) is 21.7. The third-order valence-corrected chi connectivity index (χ3v) is 5.87. The van der Waals surface area contributed by atoms with E-state index in [4.69, 9.17) is 16.3 Å². The normalized spacial score (nSPS) is 11.2. The zero-order chi connectivity index (χ0) is 21.9. The Balaban J connectivity index is 2.12. The fourth-order valence-electron chi connectivity index (χ4n) is 2.70. The Morgan fingerprint density at radius 1 is 1.17 bits per heavy atom. The summed E-state index contributed by atoms with van der Waals surface area (Å²) < 4.78 is 47.5. The maximum absolute atomic E-state index is 14.0. The number of anilines is 1. The highest BCUT2D eigenvalue weighted by Crippen LogP contribution is 2.37. The number of benzene rings is 2. The van der Waals surface area contributed by atoms with Crippen molar-refractivity contribution in [3.05, 3.63) is 71.3 Å². The van der Waals surface area contributed by atoms with E-state index in [1.54, 1.807) is 19.9 Å². The number of sulfonamides is 1. The summed E-state index contributed by atoms with van der Waals surface area (Å²) in [5.41, 5.74) is 1.34. The first-order valence-corrected chi connectivity index (χ1v) is 10.8. The molecular formula is C21H18ClFN2O4S. The molecule has 0 unspecified atom stereocenters. The molecule has 3 rings (SSSR count). The van der Waals surface area contributed by atoms with Crippen molar-refractivity contribution in [1.82, 2.24) is 4.98 Å². The van der Waals surface area contributed by atoms with Crippen molar-refractivity contribution >= 4 is 33.3 Å². The first-order valence-electron chi connectivity index (χ1n) is 8.95. The minimum atomic E-state index is -4.03. The number of aromatic nitrogens is 1. The standard InChI is InChI=1S/C21H18ClFN2O4S/c1-3-20(26)29-14-7-8-16(17-5-4-6-18(23)21(17)22)19(10-14)25-30(27,28)15-9-13(2)11-24-12-15/h4-12,25H,3H2,1-2H3. The number of rotatable bonds is 6. The summed E-state index contributed by atoms with van der Waals surface area (Å²) in [6, 6.07) is 10.0. The lowest BCUT2D eigenvalue weighted by molar-refractivity contribution is -0.134. The monoisotopic (exact) mass is 448 g/mol. The molecule has 156 valence electrons. The average molecular weight is 449 g/mol. The van der Waals surface area contributed by atoms with Crippen molar-refractivity contribution in [3.63, 3.8) is 0 Å². The smallest absolute Gasteiger partial charge is 0.310 e. The first-order chi connectivity index (χ1) is 14.2. The van der Waals surface area contributed by atoms with E-state index in [0.29, 0.717) is 11.1 Å². The van der Waals surface area contributed by atoms with Crippen LogP contribution in [0.4, 0.5) is 10.1 Å². The molecule has 0 aliphatic rings. The molecule has 0 radical (unpaired) electrons. The van der Waals surface area contributed by atoms with Crippen LogP contribution in [0.15, 0.2) is 59.8 Å². The van der Waals surface area contributed by atoms with Crippen molar-refractivity contribution in [2.24, 2.45) is 0 Å². The Morgan fingerprint density at radius 2 is 1.93 bits per heavy atom. The molecule has 0 spiro atoms. The van der Waals surface area contributed by atoms with E-state index in [2.05, 4.69) is 9.71 Å². The second-order valence-corrected chi connectivity index (χ2v) is 8.50. The summed E-state index contributed by atoms with van der Waals surface area (Å²) >= 11 is 6.11. The number of hydrogen-bond acceptors (Lipinski definition) is 5. The summed E-state index contributed by atoms with van der Waals surface area (Å²) in [5, 5.41) is -0.159. The minimum Gasteiger partial charge on any atom is -0.426 e. The van der Waals surface area contributed by atoms with Gasteiger partial charge in [0.1, 0.15) is 16.5 Å². The van der Waals surface area contributed by atoms with Crippen LogP contribution in [0.5, 0.6) is 5.75 Å². The Labute approximate surface area is 178 Å². The highest BCUT2D eigenvalue weighted by atomic mass is 35.5. The SMILES string of the molecule is CCC(=O)Oc1ccc(-c2cccc(F)c2Cl)c(NS(=O)(=O)c2cncc(C)c2)c1. The molecule has 0 atom stereocenters. The maximum Gasteiger partial charge on any atom is 0.310 e. The van der Waals surface area contributed by atoms with Gasteiger partial charge < -0.3 is 4.74 Å². The lowest BCUT2D eigenvalue weighted by atomic mass is 10.0. The van der Waals surface area contributed by atoms with E-state index in [9.17, 15) is 17.6 Å². The molecule has 1 N–H and O–H groups in total. The molecule has 0 saturated carbocycles. The molecule has 2 aromatic carbocycles. The van der Waals surface area contributed by atoms with E-state index in [1.807, 2.05) is 0 Å². The topological polar surface area (TPSA) is 85.4 Å². The number of pyridine rings is 1. The molecule has 9 heteroatoms. The van der Waals surface area contributed by atoms with Crippen molar-refractivity contribution in [3.8, 4) is 16.9 Å². The fourth-order valence-corrected chi connectivity index (χ4v) is 4.04. The molecule has 0 fully saturated rings. The molecular weight excluding hydrogens is 431 g/mol. The van der Waals surface area contributed by atoms with Gasteiger partial charge in [-0.2, -0.15) is 0 Å². The molecule has 6 nitrogen and oxygen atoms in total. The van der Waals surface area contributed by atoms with Gasteiger partial charge in [-0.1, -0.05) is 30.7 Å². The average Bonchev–Trinajstić information content (AvgIpc) is 2.70. The number of hydrogen-bond donors (Lipinski definition) is 1. The van der Waals surface area contributed by atoms with E-state index >= 15 is 0 Å². The molecule has 0 saturated heterocycles. The number of halogens is 2. The summed E-state index contributed by atoms with van der Waals surface area (Å²) in [5.74, 6) is -0.992. The van der Waals surface area contributed by atoms with Gasteiger partial charge in [0.05, 0.1) is 10.7 Å². The zero-order valence-corrected chi connectivity index (χ0v) is 17.7. The number of ether oxygens (including phenoxy) is 1. The molecule has 0 amide bonds. The molecule has 1 heterocycles. The van der Waals surface area contributed by atoms with E-state index in [-0.39, 0.29) is 33.3 Å². The van der Waals surface area contributed by atoms with Crippen LogP contribution in [0.25, 0.3) is 11.1 Å². The van der Waals surface area contributed by atoms with Crippen LogP contribution < -0.4 is 9.46 Å². The lowest BCUT2D eigenvalue weighted by Gasteiger charge is -2.16. The Morgan fingerprint density at radius 3 is 2.63 bits per heavy atom. The van der Waals surface area contributed by atoms with Gasteiger partial charge in [-0.15, -0.1) is 0 Å². The van der Waals surface area contributed by atoms with Crippen LogP contribution in [0.3, 0.4) is 0 Å². The number of aryl methyl sites for hydroxylation is 1. The molecule has 0 bridgehead atoms. The van der Waals surface area contributed by atoms with Crippen LogP contribution in [0.1, 0.15) is 18.9 Å². The van der Waals surface area contributed by atoms with Crippen molar-refractivity contribution in [2.45, 2.75) is 25.2 Å². The Hall–Kier alpha value is -2.97. The number of carbonyl (C=O) groups excluding carboxylic acids is 1. The third-order valence-electron chi connectivity index (χ3n) is 4.16. The number of nitrogens with one attached hydrogen (secondary N) is 1.